The normalized spacial score (nSPS) is 17.0. The van der Waals surface area contributed by atoms with E-state index in [0.29, 0.717) is 0 Å². The topological polar surface area (TPSA) is 105 Å². The zero-order chi connectivity index (χ0) is 104. The van der Waals surface area contributed by atoms with Crippen molar-refractivity contribution < 1.29 is 345 Å². The Morgan fingerprint density at radius 3 is 0.389 bits per heavy atom. The van der Waals surface area contributed by atoms with Crippen molar-refractivity contribution >= 4 is 23.9 Å². The predicted molar refractivity (Wildman–Crippen MR) is 242 cm³/mol. The van der Waals surface area contributed by atoms with Crippen LogP contribution in [0.2, 0.25) is 0 Å². The van der Waals surface area contributed by atoms with Gasteiger partial charge in [-0.2, -0.15) is 307 Å². The molecule has 0 N–H and O–H groups in total. The van der Waals surface area contributed by atoms with Crippen LogP contribution in [0.1, 0.15) is 26.7 Å². The molecule has 0 bridgehead atoms. The van der Waals surface area contributed by atoms with Gasteiger partial charge in [0, 0.05) is 26.0 Å². The van der Waals surface area contributed by atoms with Gasteiger partial charge in [0.25, 0.3) is 0 Å². The molecule has 0 fully saturated rings. The predicted octanol–water partition coefficient (Wildman–Crippen LogP) is 22.7. The Balaban J connectivity index is 7.49. The number of hydrogen-bond acceptors (Lipinski definition) is 8. The summed E-state index contributed by atoms with van der Waals surface area (Å²) >= 11 is 0. The van der Waals surface area contributed by atoms with E-state index in [1.54, 1.807) is 0 Å². The van der Waals surface area contributed by atoms with Crippen molar-refractivity contribution in [2.45, 2.75) is 241 Å². The average Bonchev–Trinajstić information content (AvgIpc) is 0.677. The molecule has 0 rings (SSSR count). The van der Waals surface area contributed by atoms with Gasteiger partial charge in [-0.15, -0.1) is 0 Å². The van der Waals surface area contributed by atoms with Crippen molar-refractivity contribution in [2.75, 3.05) is 13.2 Å². The van der Waals surface area contributed by atoms with E-state index in [1.165, 1.54) is 0 Å². The number of rotatable bonds is 42. The summed E-state index contributed by atoms with van der Waals surface area (Å²) < 4.78 is 998. The molecule has 78 heteroatoms. The number of carbonyl (C=O) groups is 4. The summed E-state index contributed by atoms with van der Waals surface area (Å²) in [5.74, 6) is -334. The molecule has 0 saturated heterocycles. The SMILES string of the molecule is CC(=O)OC(COC(=O)/C=C\C(=O)OCC(CC(F)(F)C(F)(F)C(F)(F)C(F)(F)C(F)(F)C(F)(F)C(F)(F)C(F)(F)C(F)(F)C(F)(F)C(F)(F)C(F)(F)C(F)(F)C(F)(F)C(F)(F)C(F)(F)C(F)(F)F)OC(C)=O)CC(F)(F)C(F)(F)C(F)(F)C(F)(F)C(F)(F)C(F)(F)C(F)(F)C(F)(F)C(F)(F)C(F)(F)C(F)(F)C(F)(F)C(F)(F)C(F)(F)C(F)(F)C(F)(F)C(F)(F)F. The van der Waals surface area contributed by atoms with Gasteiger partial charge in [0.2, 0.25) is 0 Å². The van der Waals surface area contributed by atoms with Crippen LogP contribution in [0, 0.1) is 0 Å². The molecule has 0 spiro atoms. The Kier molecular flexibility index (Phi) is 29.9. The van der Waals surface area contributed by atoms with Crippen molar-refractivity contribution in [1.82, 2.24) is 0 Å². The molecule has 0 saturated carbocycles. The molecule has 0 aromatic heterocycles. The van der Waals surface area contributed by atoms with Gasteiger partial charge in [-0.1, -0.05) is 0 Å². The highest BCUT2D eigenvalue weighted by molar-refractivity contribution is 5.91. The molecule has 0 heterocycles. The van der Waals surface area contributed by atoms with Crippen LogP contribution in [0.15, 0.2) is 12.2 Å². The molecule has 126 heavy (non-hydrogen) atoms. The van der Waals surface area contributed by atoms with E-state index < -0.39 is 276 Å². The summed E-state index contributed by atoms with van der Waals surface area (Å²) in [6.07, 6.45) is -36.2. The minimum absolute atomic E-state index is 0.360. The van der Waals surface area contributed by atoms with Crippen molar-refractivity contribution in [3.63, 3.8) is 0 Å². The zero-order valence-electron chi connectivity index (χ0n) is 55.9. The molecule has 0 aliphatic heterocycles. The molecule has 748 valence electrons. The molecular weight excluding hydrogens is 2030 g/mol. The highest BCUT2D eigenvalue weighted by Crippen LogP contribution is 2.75. The van der Waals surface area contributed by atoms with Crippen molar-refractivity contribution in [3.8, 4) is 0 Å². The first kappa shape index (κ1) is 119. The first-order chi connectivity index (χ1) is 53.6. The van der Waals surface area contributed by atoms with Crippen molar-refractivity contribution in [3.05, 3.63) is 12.2 Å². The Morgan fingerprint density at radius 2 is 0.286 bits per heavy atom. The number of hydrogen-bond donors (Lipinski definition) is 0. The van der Waals surface area contributed by atoms with Gasteiger partial charge in [-0.05, 0) is 0 Å². The lowest BCUT2D eigenvalue weighted by Crippen LogP contribution is -2.80. The molecule has 0 amide bonds. The summed E-state index contributed by atoms with van der Waals surface area (Å²) in [7, 11) is 0. The number of alkyl halides is 70. The maximum absolute atomic E-state index is 14.9. The number of halogens is 70. The van der Waals surface area contributed by atoms with Gasteiger partial charge in [0.1, 0.15) is 25.4 Å². The number of carbonyl (C=O) groups excluding carboxylic acids is 4. The largest absolute Gasteiger partial charge is 0.460 e. The minimum Gasteiger partial charge on any atom is -0.459 e. The standard InChI is InChI=1S/C48H18F70O8/c1-9(119)125-11(5-15(49,50)17(53,54)19(57,58)21(61,62)23(65,66)25(69,70)27(73,74)29(77,78)31(81,82)33(85,86)35(89,90)37(93,94)39(97,98)41(101,102)43(105,106)45(109,110)47(113,114)115)7-123-13(121)3-4-14(122)124-8-12(126-10(2)120)6-16(51,52)18(55,56)20(59,60)22(63,64)24(67,68)26(71,72)28(75,76)30(79,80)32(83,84)34(87,88)36(91,92)38(95,96)40(99,100)42(103,104)44(107,108)46(111,112)48(116,117)118/h3-4,11-12H,5-8H2,1-2H3/b4-3-. The highest BCUT2D eigenvalue weighted by atomic mass is 19.5. The van der Waals surface area contributed by atoms with Gasteiger partial charge in [0.15, 0.2) is 0 Å². The Hall–Kier alpha value is -7.28. The maximum Gasteiger partial charge on any atom is 0.460 e. The van der Waals surface area contributed by atoms with E-state index in [-0.39, 0.29) is 13.8 Å². The van der Waals surface area contributed by atoms with E-state index in [1.807, 2.05) is 0 Å². The van der Waals surface area contributed by atoms with Gasteiger partial charge < -0.3 is 18.9 Å². The Bertz CT molecular complexity index is 3670. The van der Waals surface area contributed by atoms with Crippen LogP contribution in [0.4, 0.5) is 307 Å². The van der Waals surface area contributed by atoms with Crippen molar-refractivity contribution in [1.29, 1.82) is 0 Å². The van der Waals surface area contributed by atoms with E-state index in [4.69, 9.17) is 0 Å². The van der Waals surface area contributed by atoms with Crippen LogP contribution >= 0.6 is 0 Å². The monoisotopic (exact) mass is 2050 g/mol. The van der Waals surface area contributed by atoms with Crippen LogP contribution in [-0.2, 0) is 38.1 Å². The third-order valence-electron chi connectivity index (χ3n) is 15.5. The fourth-order valence-corrected chi connectivity index (χ4v) is 8.09. The van der Waals surface area contributed by atoms with E-state index in [2.05, 4.69) is 18.9 Å². The highest BCUT2D eigenvalue weighted by Gasteiger charge is 3.06. The summed E-state index contributed by atoms with van der Waals surface area (Å²) in [6, 6.07) is 0. The van der Waals surface area contributed by atoms with Gasteiger partial charge in [-0.25, -0.2) is 9.59 Å². The second-order valence-corrected chi connectivity index (χ2v) is 24.1. The van der Waals surface area contributed by atoms with E-state index in [9.17, 15) is 327 Å². The molecule has 0 aromatic carbocycles. The zero-order valence-corrected chi connectivity index (χ0v) is 55.9. The maximum atomic E-state index is 14.9. The van der Waals surface area contributed by atoms with Crippen LogP contribution in [0.5, 0.6) is 0 Å². The molecule has 0 aromatic rings. The summed E-state index contributed by atoms with van der Waals surface area (Å²) in [5.41, 5.74) is 0. The average molecular weight is 2050 g/mol. The van der Waals surface area contributed by atoms with E-state index in [0.717, 1.165) is 0 Å². The van der Waals surface area contributed by atoms with Crippen molar-refractivity contribution in [2.24, 2.45) is 0 Å². The summed E-state index contributed by atoms with van der Waals surface area (Å²) in [4.78, 5) is 46.8. The third-order valence-corrected chi connectivity index (χ3v) is 15.5. The second-order valence-electron chi connectivity index (χ2n) is 24.1. The fourth-order valence-electron chi connectivity index (χ4n) is 8.09. The fraction of sp³-hybridized carbons (Fsp3) is 0.875. The molecular formula is C48H18F70O8. The minimum atomic E-state index is -10.7. The smallest absolute Gasteiger partial charge is 0.459 e. The molecule has 2 atom stereocenters. The number of ether oxygens (including phenoxy) is 4. The summed E-state index contributed by atoms with van der Waals surface area (Å²) in [6.45, 7) is -6.64. The van der Waals surface area contributed by atoms with E-state index >= 15 is 0 Å². The lowest BCUT2D eigenvalue weighted by atomic mass is 9.82. The molecule has 0 aliphatic rings. The number of esters is 4. The van der Waals surface area contributed by atoms with Crippen LogP contribution in [0.25, 0.3) is 0 Å². The summed E-state index contributed by atoms with van der Waals surface area (Å²) in [5, 5.41) is 0. The van der Waals surface area contributed by atoms with Crippen LogP contribution in [-0.4, -0.2) is 251 Å². The lowest BCUT2D eigenvalue weighted by molar-refractivity contribution is -0.492. The first-order valence-corrected chi connectivity index (χ1v) is 28.2. The lowest BCUT2D eigenvalue weighted by Gasteiger charge is -2.47. The molecule has 0 radical (unpaired) electrons. The van der Waals surface area contributed by atoms with Gasteiger partial charge >= 0.3 is 226 Å². The molecule has 8 nitrogen and oxygen atoms in total. The van der Waals surface area contributed by atoms with Crippen LogP contribution in [0.3, 0.4) is 0 Å². The third kappa shape index (κ3) is 15.9. The second kappa shape index (κ2) is 31.8. The van der Waals surface area contributed by atoms with Gasteiger partial charge in [0.05, 0.1) is 12.8 Å². The Labute approximate surface area is 636 Å². The first-order valence-electron chi connectivity index (χ1n) is 28.2. The molecule has 2 unspecified atom stereocenters. The quantitative estimate of drug-likeness (QED) is 0.0258. The van der Waals surface area contributed by atoms with Gasteiger partial charge in [-0.3, -0.25) is 9.59 Å². The Morgan fingerprint density at radius 1 is 0.183 bits per heavy atom. The molecule has 0 aliphatic carbocycles. The van der Waals surface area contributed by atoms with Crippen LogP contribution < -0.4 is 0 Å².